The first-order valence-electron chi connectivity index (χ1n) is 6.97. The minimum atomic E-state index is -5.72. The van der Waals surface area contributed by atoms with Gasteiger partial charge in [0, 0.05) is 20.2 Å². The molecule has 0 heterocycles. The topological polar surface area (TPSA) is 55.8 Å². The van der Waals surface area contributed by atoms with Crippen LogP contribution in [0.15, 0.2) is 0 Å². The standard InChI is InChI=1S/C12H22F5NO4S/c1-3-4-5-18(6-7-21-2)23(19,20)9-8-22-10-11(13,14)12(15,16)17/h3-10H2,1-2H3. The molecule has 0 saturated heterocycles. The van der Waals surface area contributed by atoms with Crippen LogP contribution in [-0.2, 0) is 19.5 Å². The average molecular weight is 371 g/mol. The first-order valence-corrected chi connectivity index (χ1v) is 8.58. The van der Waals surface area contributed by atoms with Gasteiger partial charge in [0.1, 0.15) is 6.61 Å². The van der Waals surface area contributed by atoms with Gasteiger partial charge in [-0.05, 0) is 6.42 Å². The lowest BCUT2D eigenvalue weighted by Crippen LogP contribution is -2.42. The zero-order valence-electron chi connectivity index (χ0n) is 13.0. The van der Waals surface area contributed by atoms with Gasteiger partial charge in [0.25, 0.3) is 0 Å². The molecule has 0 rings (SSSR count). The van der Waals surface area contributed by atoms with E-state index in [1.807, 2.05) is 6.92 Å². The molecule has 0 aromatic rings. The van der Waals surface area contributed by atoms with Gasteiger partial charge in [-0.3, -0.25) is 0 Å². The number of ether oxygens (including phenoxy) is 2. The molecule has 0 aromatic carbocycles. The molecule has 0 amide bonds. The van der Waals surface area contributed by atoms with Crippen LogP contribution in [0.25, 0.3) is 0 Å². The van der Waals surface area contributed by atoms with E-state index < -0.39 is 41.1 Å². The molecule has 23 heavy (non-hydrogen) atoms. The van der Waals surface area contributed by atoms with E-state index in [1.54, 1.807) is 0 Å². The van der Waals surface area contributed by atoms with Gasteiger partial charge in [-0.15, -0.1) is 0 Å². The zero-order chi connectivity index (χ0) is 18.1. The van der Waals surface area contributed by atoms with E-state index in [4.69, 9.17) is 4.74 Å². The fourth-order valence-electron chi connectivity index (χ4n) is 1.49. The highest BCUT2D eigenvalue weighted by atomic mass is 32.2. The lowest BCUT2D eigenvalue weighted by molar-refractivity contribution is -0.296. The molecular formula is C12H22F5NO4S. The molecule has 0 fully saturated rings. The number of alkyl halides is 5. The van der Waals surface area contributed by atoms with Crippen molar-refractivity contribution in [2.24, 2.45) is 0 Å². The fourth-order valence-corrected chi connectivity index (χ4v) is 2.84. The van der Waals surface area contributed by atoms with Gasteiger partial charge in [0.15, 0.2) is 0 Å². The third-order valence-electron chi connectivity index (χ3n) is 2.88. The second-order valence-electron chi connectivity index (χ2n) is 4.82. The van der Waals surface area contributed by atoms with Crippen molar-refractivity contribution in [2.75, 3.05) is 45.8 Å². The van der Waals surface area contributed by atoms with Crippen LogP contribution in [0.5, 0.6) is 0 Å². The molecular weight excluding hydrogens is 349 g/mol. The van der Waals surface area contributed by atoms with Crippen molar-refractivity contribution in [2.45, 2.75) is 31.9 Å². The lowest BCUT2D eigenvalue weighted by atomic mass is 10.3. The number of methoxy groups -OCH3 is 1. The summed E-state index contributed by atoms with van der Waals surface area (Å²) in [4.78, 5) is 0. The average Bonchev–Trinajstić information content (AvgIpc) is 2.42. The first kappa shape index (κ1) is 22.5. The van der Waals surface area contributed by atoms with Gasteiger partial charge < -0.3 is 9.47 Å². The molecule has 0 aliphatic rings. The smallest absolute Gasteiger partial charge is 0.383 e. The second kappa shape index (κ2) is 9.70. The zero-order valence-corrected chi connectivity index (χ0v) is 13.9. The SMILES string of the molecule is CCCCN(CCOC)S(=O)(=O)CCOCC(F)(F)C(F)(F)F. The van der Waals surface area contributed by atoms with Gasteiger partial charge in [-0.25, -0.2) is 8.42 Å². The van der Waals surface area contributed by atoms with E-state index in [0.29, 0.717) is 6.42 Å². The molecule has 5 nitrogen and oxygen atoms in total. The molecule has 0 N–H and O–H groups in total. The molecule has 0 radical (unpaired) electrons. The Labute approximate surface area is 132 Å². The van der Waals surface area contributed by atoms with Crippen molar-refractivity contribution in [3.8, 4) is 0 Å². The van der Waals surface area contributed by atoms with Crippen LogP contribution in [0.2, 0.25) is 0 Å². The Morgan fingerprint density at radius 3 is 2.13 bits per heavy atom. The number of nitrogens with zero attached hydrogens (tertiary/aromatic N) is 1. The highest BCUT2D eigenvalue weighted by Gasteiger charge is 2.57. The van der Waals surface area contributed by atoms with Gasteiger partial charge in [0.2, 0.25) is 10.0 Å². The summed E-state index contributed by atoms with van der Waals surface area (Å²) in [6, 6.07) is 0. The van der Waals surface area contributed by atoms with E-state index in [-0.39, 0.29) is 19.7 Å². The number of unbranched alkanes of at least 4 members (excludes halogenated alkanes) is 1. The van der Waals surface area contributed by atoms with E-state index in [1.165, 1.54) is 7.11 Å². The summed E-state index contributed by atoms with van der Waals surface area (Å²) in [5.41, 5.74) is 0. The molecule has 0 bridgehead atoms. The first-order chi connectivity index (χ1) is 10.5. The molecule has 0 aliphatic heterocycles. The molecule has 0 atom stereocenters. The van der Waals surface area contributed by atoms with E-state index in [2.05, 4.69) is 4.74 Å². The Hall–Kier alpha value is -0.520. The Balaban J connectivity index is 4.48. The molecule has 0 saturated carbocycles. The Bertz CT molecular complexity index is 420. The van der Waals surface area contributed by atoms with Crippen LogP contribution in [0.3, 0.4) is 0 Å². The molecule has 0 spiro atoms. The number of hydrogen-bond acceptors (Lipinski definition) is 4. The van der Waals surface area contributed by atoms with Crippen molar-refractivity contribution in [1.82, 2.24) is 4.31 Å². The van der Waals surface area contributed by atoms with Crippen molar-refractivity contribution in [3.05, 3.63) is 0 Å². The van der Waals surface area contributed by atoms with E-state index in [0.717, 1.165) is 10.7 Å². The summed E-state index contributed by atoms with van der Waals surface area (Å²) >= 11 is 0. The van der Waals surface area contributed by atoms with Gasteiger partial charge >= 0.3 is 12.1 Å². The van der Waals surface area contributed by atoms with Gasteiger partial charge in [-0.1, -0.05) is 13.3 Å². The van der Waals surface area contributed by atoms with Crippen molar-refractivity contribution < 1.29 is 39.8 Å². The minimum absolute atomic E-state index is 0.0809. The number of halogens is 5. The molecule has 140 valence electrons. The summed E-state index contributed by atoms with van der Waals surface area (Å²) in [6.07, 6.45) is -4.39. The van der Waals surface area contributed by atoms with Crippen LogP contribution in [-0.4, -0.2) is 70.6 Å². The molecule has 11 heteroatoms. The minimum Gasteiger partial charge on any atom is -0.383 e. The van der Waals surface area contributed by atoms with Crippen molar-refractivity contribution >= 4 is 10.0 Å². The third-order valence-corrected chi connectivity index (χ3v) is 4.72. The quantitative estimate of drug-likeness (QED) is 0.390. The Kier molecular flexibility index (Phi) is 9.48. The summed E-state index contributed by atoms with van der Waals surface area (Å²) in [5, 5.41) is 0. The van der Waals surface area contributed by atoms with Crippen LogP contribution >= 0.6 is 0 Å². The largest absolute Gasteiger partial charge is 0.455 e. The van der Waals surface area contributed by atoms with Gasteiger partial charge in [0.05, 0.1) is 19.0 Å². The number of rotatable bonds is 12. The monoisotopic (exact) mass is 371 g/mol. The predicted molar refractivity (Wildman–Crippen MR) is 74.0 cm³/mol. The molecule has 0 unspecified atom stereocenters. The highest BCUT2D eigenvalue weighted by molar-refractivity contribution is 7.89. The molecule has 0 aliphatic carbocycles. The predicted octanol–water partition coefficient (Wildman–Crippen LogP) is 2.28. The van der Waals surface area contributed by atoms with Crippen molar-refractivity contribution in [1.29, 1.82) is 0 Å². The second-order valence-corrected chi connectivity index (χ2v) is 6.90. The maximum Gasteiger partial charge on any atom is 0.455 e. The van der Waals surface area contributed by atoms with E-state index in [9.17, 15) is 30.4 Å². The normalized spacial score (nSPS) is 13.7. The van der Waals surface area contributed by atoms with Crippen LogP contribution in [0, 0.1) is 0 Å². The van der Waals surface area contributed by atoms with Crippen LogP contribution < -0.4 is 0 Å². The molecule has 0 aromatic heterocycles. The lowest BCUT2D eigenvalue weighted by Gasteiger charge is -2.22. The maximum atomic E-state index is 12.6. The Morgan fingerprint density at radius 1 is 1.04 bits per heavy atom. The number of hydrogen-bond donors (Lipinski definition) is 0. The maximum absolute atomic E-state index is 12.6. The third kappa shape index (κ3) is 8.23. The Morgan fingerprint density at radius 2 is 1.65 bits per heavy atom. The van der Waals surface area contributed by atoms with Crippen LogP contribution in [0.4, 0.5) is 22.0 Å². The van der Waals surface area contributed by atoms with Crippen LogP contribution in [0.1, 0.15) is 19.8 Å². The summed E-state index contributed by atoms with van der Waals surface area (Å²) in [7, 11) is -2.42. The highest BCUT2D eigenvalue weighted by Crippen LogP contribution is 2.35. The summed E-state index contributed by atoms with van der Waals surface area (Å²) in [5.74, 6) is -5.68. The number of sulfonamides is 1. The van der Waals surface area contributed by atoms with Gasteiger partial charge in [-0.2, -0.15) is 26.3 Å². The fraction of sp³-hybridized carbons (Fsp3) is 1.00. The summed E-state index contributed by atoms with van der Waals surface area (Å²) in [6.45, 7) is -0.333. The van der Waals surface area contributed by atoms with Crippen molar-refractivity contribution in [3.63, 3.8) is 0 Å². The summed E-state index contributed by atoms with van der Waals surface area (Å²) < 4.78 is 95.2. The van der Waals surface area contributed by atoms with E-state index >= 15 is 0 Å².